The molecule has 0 aromatic carbocycles. The van der Waals surface area contributed by atoms with Crippen LogP contribution in [-0.4, -0.2) is 37.7 Å². The molecule has 0 atom stereocenters. The number of aromatic nitrogens is 4. The van der Waals surface area contributed by atoms with E-state index in [1.165, 1.54) is 55.2 Å². The van der Waals surface area contributed by atoms with E-state index >= 15 is 0 Å². The molecule has 0 saturated heterocycles. The molecule has 2 heterocycles. The minimum atomic E-state index is -0.0545. The first kappa shape index (κ1) is 18.2. The van der Waals surface area contributed by atoms with Gasteiger partial charge in [0.05, 0.1) is 22.8 Å². The molecule has 0 unspecified atom stereocenters. The first-order valence-electron chi connectivity index (χ1n) is 8.56. The van der Waals surface area contributed by atoms with Gasteiger partial charge in [0, 0.05) is 13.1 Å². The highest BCUT2D eigenvalue weighted by Crippen LogP contribution is 2.28. The molecule has 1 saturated carbocycles. The summed E-state index contributed by atoms with van der Waals surface area (Å²) in [6, 6.07) is 0.513. The van der Waals surface area contributed by atoms with Gasteiger partial charge < -0.3 is 10.6 Å². The van der Waals surface area contributed by atoms with E-state index in [-0.39, 0.29) is 5.91 Å². The lowest BCUT2D eigenvalue weighted by molar-refractivity contribution is -0.113. The second kappa shape index (κ2) is 8.18. The predicted octanol–water partition coefficient (Wildman–Crippen LogP) is 3.36. The van der Waals surface area contributed by atoms with E-state index in [0.717, 1.165) is 26.5 Å². The molecule has 2 N–H and O–H groups in total. The zero-order chi connectivity index (χ0) is 17.8. The van der Waals surface area contributed by atoms with Crippen LogP contribution in [0.15, 0.2) is 4.34 Å². The van der Waals surface area contributed by atoms with Crippen molar-refractivity contribution in [3.05, 3.63) is 11.4 Å². The van der Waals surface area contributed by atoms with Crippen molar-refractivity contribution in [1.29, 1.82) is 0 Å². The minimum absolute atomic E-state index is 0.0545. The smallest absolute Gasteiger partial charge is 0.234 e. The molecule has 2 aromatic rings. The van der Waals surface area contributed by atoms with Crippen LogP contribution in [0.25, 0.3) is 0 Å². The number of thioether (sulfide) groups is 1. The van der Waals surface area contributed by atoms with Gasteiger partial charge in [-0.15, -0.1) is 10.2 Å². The average molecular weight is 381 g/mol. The summed E-state index contributed by atoms with van der Waals surface area (Å²) in [6.45, 7) is 3.83. The van der Waals surface area contributed by atoms with Crippen molar-refractivity contribution in [3.63, 3.8) is 0 Å². The van der Waals surface area contributed by atoms with Crippen LogP contribution in [0.2, 0.25) is 0 Å². The molecule has 2 aromatic heterocycles. The maximum Gasteiger partial charge on any atom is 0.234 e. The number of nitrogens with one attached hydrogen (secondary N) is 2. The van der Waals surface area contributed by atoms with Gasteiger partial charge in [-0.05, 0) is 26.7 Å². The second-order valence-corrected chi connectivity index (χ2v) is 8.56. The van der Waals surface area contributed by atoms with Crippen LogP contribution in [0.1, 0.15) is 43.5 Å². The summed E-state index contributed by atoms with van der Waals surface area (Å²) >= 11 is 2.93. The van der Waals surface area contributed by atoms with E-state index in [2.05, 4.69) is 25.9 Å². The third-order valence-corrected chi connectivity index (χ3v) is 6.43. The lowest BCUT2D eigenvalue weighted by Gasteiger charge is -2.21. The van der Waals surface area contributed by atoms with Crippen molar-refractivity contribution >= 4 is 39.8 Å². The van der Waals surface area contributed by atoms with Crippen LogP contribution in [0.3, 0.4) is 0 Å². The summed E-state index contributed by atoms with van der Waals surface area (Å²) < 4.78 is 2.58. The van der Waals surface area contributed by atoms with Gasteiger partial charge in [-0.2, -0.15) is 5.10 Å². The molecule has 136 valence electrons. The summed E-state index contributed by atoms with van der Waals surface area (Å²) in [4.78, 5) is 12.2. The molecule has 1 fully saturated rings. The number of carbonyl (C=O) groups excluding carboxylic acids is 1. The number of nitrogens with zero attached hydrogens (tertiary/aromatic N) is 4. The number of amides is 1. The van der Waals surface area contributed by atoms with Gasteiger partial charge in [-0.25, -0.2) is 0 Å². The molecule has 1 amide bonds. The zero-order valence-electron chi connectivity index (χ0n) is 14.8. The van der Waals surface area contributed by atoms with Crippen LogP contribution in [-0.2, 0) is 11.8 Å². The maximum atomic E-state index is 12.2. The second-order valence-electron chi connectivity index (χ2n) is 6.36. The molecule has 9 heteroatoms. The molecule has 1 aliphatic rings. The number of aryl methyl sites for hydroxylation is 2. The summed E-state index contributed by atoms with van der Waals surface area (Å²) in [7, 11) is 1.87. The Kier molecular flexibility index (Phi) is 5.95. The van der Waals surface area contributed by atoms with E-state index in [4.69, 9.17) is 0 Å². The number of hydrogen-bond donors (Lipinski definition) is 2. The molecule has 0 bridgehead atoms. The Morgan fingerprint density at radius 2 is 2.04 bits per heavy atom. The van der Waals surface area contributed by atoms with Crippen molar-refractivity contribution in [2.75, 3.05) is 16.4 Å². The first-order chi connectivity index (χ1) is 12.0. The number of rotatable bonds is 6. The van der Waals surface area contributed by atoms with Gasteiger partial charge in [-0.1, -0.05) is 42.4 Å². The fourth-order valence-corrected chi connectivity index (χ4v) is 4.63. The highest BCUT2D eigenvalue weighted by Gasteiger charge is 2.16. The molecular weight excluding hydrogens is 356 g/mol. The van der Waals surface area contributed by atoms with Gasteiger partial charge in [0.1, 0.15) is 0 Å². The average Bonchev–Trinajstić information content (AvgIpc) is 3.14. The van der Waals surface area contributed by atoms with Crippen LogP contribution < -0.4 is 10.6 Å². The lowest BCUT2D eigenvalue weighted by Crippen LogP contribution is -2.21. The molecule has 7 nitrogen and oxygen atoms in total. The topological polar surface area (TPSA) is 84.7 Å². The van der Waals surface area contributed by atoms with Gasteiger partial charge >= 0.3 is 0 Å². The van der Waals surface area contributed by atoms with Crippen LogP contribution in [0.4, 0.5) is 10.8 Å². The normalized spacial score (nSPS) is 15.3. The van der Waals surface area contributed by atoms with Crippen molar-refractivity contribution < 1.29 is 4.79 Å². The maximum absolute atomic E-state index is 12.2. The Bertz CT molecular complexity index is 735. The monoisotopic (exact) mass is 380 g/mol. The molecule has 0 radical (unpaired) electrons. The summed E-state index contributed by atoms with van der Waals surface area (Å²) in [6.07, 6.45) is 6.31. The largest absolute Gasteiger partial charge is 0.357 e. The molecule has 0 aliphatic heterocycles. The molecule has 3 rings (SSSR count). The number of carbonyl (C=O) groups is 1. The van der Waals surface area contributed by atoms with E-state index in [1.54, 1.807) is 4.68 Å². The third-order valence-electron chi connectivity index (χ3n) is 4.44. The Labute approximate surface area is 156 Å². The summed E-state index contributed by atoms with van der Waals surface area (Å²) in [5.74, 6) is 0.257. The van der Waals surface area contributed by atoms with E-state index in [9.17, 15) is 4.79 Å². The van der Waals surface area contributed by atoms with Crippen LogP contribution in [0, 0.1) is 13.8 Å². The highest BCUT2D eigenvalue weighted by molar-refractivity contribution is 8.01. The Morgan fingerprint density at radius 1 is 1.28 bits per heavy atom. The predicted molar refractivity (Wildman–Crippen MR) is 102 cm³/mol. The first-order valence-corrected chi connectivity index (χ1v) is 10.4. The van der Waals surface area contributed by atoms with Gasteiger partial charge in [-0.3, -0.25) is 9.48 Å². The summed E-state index contributed by atoms with van der Waals surface area (Å²) in [5, 5.41) is 19.9. The van der Waals surface area contributed by atoms with E-state index in [0.29, 0.717) is 11.8 Å². The fraction of sp³-hybridized carbons (Fsp3) is 0.625. The van der Waals surface area contributed by atoms with Crippen molar-refractivity contribution in [3.8, 4) is 0 Å². The Balaban J connectivity index is 1.49. The van der Waals surface area contributed by atoms with Gasteiger partial charge in [0.25, 0.3) is 0 Å². The van der Waals surface area contributed by atoms with Crippen molar-refractivity contribution in [2.45, 2.75) is 56.3 Å². The standard InChI is InChI=1S/C16H24N6OS2/c1-10-14(11(2)22(3)21-10)18-13(23)9-24-16-20-19-15(25-16)17-12-7-5-4-6-8-12/h12H,4-9H2,1-3H3,(H,17,19)(H,18,23). The zero-order valence-corrected chi connectivity index (χ0v) is 16.5. The molecular formula is C16H24N6OS2. The Hall–Kier alpha value is -1.61. The van der Waals surface area contributed by atoms with Crippen molar-refractivity contribution in [1.82, 2.24) is 20.0 Å². The third kappa shape index (κ3) is 4.72. The van der Waals surface area contributed by atoms with E-state index in [1.807, 2.05) is 20.9 Å². The van der Waals surface area contributed by atoms with Gasteiger partial charge in [0.2, 0.25) is 11.0 Å². The van der Waals surface area contributed by atoms with E-state index < -0.39 is 0 Å². The molecule has 25 heavy (non-hydrogen) atoms. The Morgan fingerprint density at radius 3 is 2.72 bits per heavy atom. The number of hydrogen-bond acceptors (Lipinski definition) is 7. The number of anilines is 2. The SMILES string of the molecule is Cc1nn(C)c(C)c1NC(=O)CSc1nnc(NC2CCCCC2)s1. The quantitative estimate of drug-likeness (QED) is 0.748. The fourth-order valence-electron chi connectivity index (χ4n) is 3.01. The minimum Gasteiger partial charge on any atom is -0.357 e. The summed E-state index contributed by atoms with van der Waals surface area (Å²) in [5.41, 5.74) is 2.57. The molecule has 1 aliphatic carbocycles. The molecule has 0 spiro atoms. The van der Waals surface area contributed by atoms with Crippen LogP contribution in [0.5, 0.6) is 0 Å². The van der Waals surface area contributed by atoms with Crippen molar-refractivity contribution in [2.24, 2.45) is 7.05 Å². The van der Waals surface area contributed by atoms with Gasteiger partial charge in [0.15, 0.2) is 4.34 Å². The highest BCUT2D eigenvalue weighted by atomic mass is 32.2. The van der Waals surface area contributed by atoms with Crippen LogP contribution >= 0.6 is 23.1 Å². The lowest BCUT2D eigenvalue weighted by atomic mass is 9.96.